The number of phosphoric ester groups is 2. The van der Waals surface area contributed by atoms with E-state index in [1.807, 2.05) is 0 Å². The molecule has 0 aliphatic carbocycles. The van der Waals surface area contributed by atoms with Gasteiger partial charge in [-0.3, -0.25) is 9.79 Å². The van der Waals surface area contributed by atoms with E-state index in [0.29, 0.717) is 16.7 Å². The van der Waals surface area contributed by atoms with E-state index in [1.54, 1.807) is 97.1 Å². The summed E-state index contributed by atoms with van der Waals surface area (Å²) in [6.45, 7) is 0. The molecule has 0 saturated heterocycles. The van der Waals surface area contributed by atoms with Crippen LogP contribution in [0.1, 0.15) is 0 Å². The van der Waals surface area contributed by atoms with Crippen LogP contribution in [0.25, 0.3) is 44.5 Å². The Kier molecular flexibility index (Phi) is 10.4. The fourth-order valence-electron chi connectivity index (χ4n) is 4.94. The standard InChI is InChI=1S/C30H26O14P4/c31-45(32,33)43-47(37,38)41-29-26(22-15-7-2-8-16-22)25(21-13-5-1-6-14-21)27(23-17-9-3-10-18-23)30(28(29)24-19-11-4-12-20-24)42-48(39,40)44-46(34,35)36/h1-20H,(H,37,38)(H,39,40)(H2,31,32,33)(H2,34,35,36). The molecule has 0 bridgehead atoms. The lowest BCUT2D eigenvalue weighted by Gasteiger charge is -2.28. The van der Waals surface area contributed by atoms with Crippen molar-refractivity contribution in [3.63, 3.8) is 0 Å². The van der Waals surface area contributed by atoms with Gasteiger partial charge in [-0.05, 0) is 22.3 Å². The summed E-state index contributed by atoms with van der Waals surface area (Å²) in [6, 6.07) is 32.3. The molecular weight excluding hydrogens is 708 g/mol. The first-order valence-corrected chi connectivity index (χ1v) is 19.6. The van der Waals surface area contributed by atoms with Gasteiger partial charge in [-0.25, -0.2) is 18.3 Å². The van der Waals surface area contributed by atoms with Crippen LogP contribution in [0.2, 0.25) is 0 Å². The molecule has 2 atom stereocenters. The van der Waals surface area contributed by atoms with Gasteiger partial charge in [0.15, 0.2) is 11.5 Å². The predicted octanol–water partition coefficient (Wildman–Crippen LogP) is 7.53. The third-order valence-electron chi connectivity index (χ3n) is 6.49. The first-order valence-electron chi connectivity index (χ1n) is 13.6. The van der Waals surface area contributed by atoms with Crippen molar-refractivity contribution in [1.29, 1.82) is 0 Å². The Bertz CT molecular complexity index is 1990. The highest BCUT2D eigenvalue weighted by molar-refractivity contribution is 7.61. The molecule has 5 aromatic carbocycles. The monoisotopic (exact) mass is 734 g/mol. The molecular formula is C30H26O14P4. The van der Waals surface area contributed by atoms with Crippen LogP contribution in [-0.4, -0.2) is 29.4 Å². The van der Waals surface area contributed by atoms with Crippen molar-refractivity contribution in [3.8, 4) is 56.0 Å². The molecule has 0 spiro atoms. The SMILES string of the molecule is O=P(O)(O)OP(=O)(O)Oc1c(-c2ccccc2)c(OP(=O)(O)OP(=O)(O)O)c(-c2ccccc2)c(-c2ccccc2)c1-c1ccccc1. The van der Waals surface area contributed by atoms with Crippen molar-refractivity contribution in [2.75, 3.05) is 0 Å². The van der Waals surface area contributed by atoms with Crippen LogP contribution in [-0.2, 0) is 26.9 Å². The van der Waals surface area contributed by atoms with E-state index in [4.69, 9.17) is 9.05 Å². The molecule has 0 radical (unpaired) electrons. The molecule has 14 nitrogen and oxygen atoms in total. The fourth-order valence-corrected chi connectivity index (χ4v) is 8.19. The maximum atomic E-state index is 13.3. The molecule has 5 rings (SSSR count). The zero-order chi connectivity index (χ0) is 34.7. The van der Waals surface area contributed by atoms with Gasteiger partial charge in [-0.15, -0.1) is 0 Å². The van der Waals surface area contributed by atoms with Crippen LogP contribution in [0, 0.1) is 0 Å². The highest BCUT2D eigenvalue weighted by atomic mass is 31.3. The minimum Gasteiger partial charge on any atom is -0.402 e. The molecule has 0 aliphatic heterocycles. The van der Waals surface area contributed by atoms with Crippen LogP contribution in [0.3, 0.4) is 0 Å². The molecule has 18 heteroatoms. The van der Waals surface area contributed by atoms with Gasteiger partial charge in [-0.2, -0.15) is 8.62 Å². The number of hydrogen-bond acceptors (Lipinski definition) is 8. The Labute approximate surface area is 273 Å². The summed E-state index contributed by atoms with van der Waals surface area (Å²) in [4.78, 5) is 59.2. The topological polar surface area (TPSA) is 227 Å². The summed E-state index contributed by atoms with van der Waals surface area (Å²) in [5.74, 6) is -1.23. The summed E-state index contributed by atoms with van der Waals surface area (Å²) in [5.41, 5.74) is 1.04. The summed E-state index contributed by atoms with van der Waals surface area (Å²) in [6.07, 6.45) is 0. The summed E-state index contributed by atoms with van der Waals surface area (Å²) >= 11 is 0. The second kappa shape index (κ2) is 14.0. The fraction of sp³-hybridized carbons (Fsp3) is 0. The maximum Gasteiger partial charge on any atom is 0.536 e. The molecule has 0 aromatic heterocycles. The lowest BCUT2D eigenvalue weighted by atomic mass is 9.83. The quantitative estimate of drug-likeness (QED) is 0.0681. The predicted molar refractivity (Wildman–Crippen MR) is 175 cm³/mol. The van der Waals surface area contributed by atoms with E-state index < -0.39 is 42.8 Å². The number of benzene rings is 5. The van der Waals surface area contributed by atoms with Crippen LogP contribution >= 0.6 is 31.3 Å². The Morgan fingerprint density at radius 1 is 0.354 bits per heavy atom. The zero-order valence-electron chi connectivity index (χ0n) is 24.3. The van der Waals surface area contributed by atoms with Crippen molar-refractivity contribution in [2.45, 2.75) is 0 Å². The second-order valence-corrected chi connectivity index (χ2v) is 15.4. The lowest BCUT2D eigenvalue weighted by Crippen LogP contribution is -2.06. The highest BCUT2D eigenvalue weighted by Gasteiger charge is 2.41. The molecule has 0 amide bonds. The molecule has 0 aliphatic rings. The largest absolute Gasteiger partial charge is 0.536 e. The number of rotatable bonds is 12. The van der Waals surface area contributed by atoms with Gasteiger partial charge in [0, 0.05) is 16.7 Å². The molecule has 0 saturated carbocycles. The third kappa shape index (κ3) is 8.85. The van der Waals surface area contributed by atoms with E-state index in [2.05, 4.69) is 8.62 Å². The van der Waals surface area contributed by atoms with E-state index >= 15 is 0 Å². The van der Waals surface area contributed by atoms with Crippen molar-refractivity contribution in [1.82, 2.24) is 0 Å². The van der Waals surface area contributed by atoms with Crippen LogP contribution < -0.4 is 9.05 Å². The van der Waals surface area contributed by atoms with Crippen molar-refractivity contribution < 1.29 is 65.3 Å². The first kappa shape index (κ1) is 35.6. The minimum absolute atomic E-state index is 0.0409. The summed E-state index contributed by atoms with van der Waals surface area (Å²) in [5, 5.41) is 0. The van der Waals surface area contributed by atoms with E-state index in [1.165, 1.54) is 24.3 Å². The third-order valence-corrected chi connectivity index (χ3v) is 10.7. The number of phosphoric acid groups is 4. The molecule has 5 aromatic rings. The normalized spacial score (nSPS) is 14.5. The average molecular weight is 734 g/mol. The van der Waals surface area contributed by atoms with Crippen molar-refractivity contribution >= 4 is 31.3 Å². The summed E-state index contributed by atoms with van der Waals surface area (Å²) < 4.78 is 69.4. The molecule has 250 valence electrons. The lowest BCUT2D eigenvalue weighted by molar-refractivity contribution is 0.228. The zero-order valence-corrected chi connectivity index (χ0v) is 27.9. The smallest absolute Gasteiger partial charge is 0.402 e. The molecule has 0 fully saturated rings. The van der Waals surface area contributed by atoms with Gasteiger partial charge >= 0.3 is 31.3 Å². The molecule has 0 heterocycles. The van der Waals surface area contributed by atoms with Gasteiger partial charge in [0.05, 0.1) is 5.56 Å². The Morgan fingerprint density at radius 2 is 0.604 bits per heavy atom. The molecule has 2 unspecified atom stereocenters. The van der Waals surface area contributed by atoms with Gasteiger partial charge in [0.2, 0.25) is 0 Å². The Balaban J connectivity index is 2.07. The Morgan fingerprint density at radius 3 is 0.875 bits per heavy atom. The Hall–Kier alpha value is -3.70. The highest BCUT2D eigenvalue weighted by Crippen LogP contribution is 2.66. The van der Waals surface area contributed by atoms with Crippen molar-refractivity contribution in [2.24, 2.45) is 0 Å². The van der Waals surface area contributed by atoms with E-state index in [-0.39, 0.29) is 27.8 Å². The molecule has 6 N–H and O–H groups in total. The average Bonchev–Trinajstić information content (AvgIpc) is 3.00. The first-order chi connectivity index (χ1) is 22.5. The van der Waals surface area contributed by atoms with E-state index in [9.17, 15) is 47.6 Å². The number of hydrogen-bond donors (Lipinski definition) is 6. The van der Waals surface area contributed by atoms with Gasteiger partial charge in [0.1, 0.15) is 0 Å². The van der Waals surface area contributed by atoms with Gasteiger partial charge in [-0.1, -0.05) is 121 Å². The van der Waals surface area contributed by atoms with E-state index in [0.717, 1.165) is 0 Å². The maximum absolute atomic E-state index is 13.3. The van der Waals surface area contributed by atoms with Gasteiger partial charge < -0.3 is 28.6 Å². The van der Waals surface area contributed by atoms with Gasteiger partial charge in [0.25, 0.3) is 0 Å². The second-order valence-electron chi connectivity index (χ2n) is 9.89. The van der Waals surface area contributed by atoms with Crippen molar-refractivity contribution in [3.05, 3.63) is 121 Å². The minimum atomic E-state index is -5.74. The summed E-state index contributed by atoms with van der Waals surface area (Å²) in [7, 11) is -22.8. The molecule has 48 heavy (non-hydrogen) atoms. The van der Waals surface area contributed by atoms with Crippen LogP contribution in [0.4, 0.5) is 0 Å². The van der Waals surface area contributed by atoms with Crippen LogP contribution in [0.5, 0.6) is 11.5 Å². The van der Waals surface area contributed by atoms with Crippen LogP contribution in [0.15, 0.2) is 121 Å².